The largest absolute Gasteiger partial charge is 0.417 e. The molecule has 0 amide bonds. The van der Waals surface area contributed by atoms with Gasteiger partial charge in [0, 0.05) is 11.6 Å². The molecule has 1 aromatic carbocycles. The Morgan fingerprint density at radius 3 is 2.25 bits per heavy atom. The second-order valence-electron chi connectivity index (χ2n) is 2.76. The van der Waals surface area contributed by atoms with Crippen molar-refractivity contribution in [2.24, 2.45) is 0 Å². The first kappa shape index (κ1) is 12.1. The van der Waals surface area contributed by atoms with Crippen LogP contribution in [0.5, 0.6) is 0 Å². The molecule has 1 aromatic rings. The molecule has 1 rings (SSSR count). The molecule has 16 heavy (non-hydrogen) atoms. The summed E-state index contributed by atoms with van der Waals surface area (Å²) in [6.45, 7) is 0. The van der Waals surface area contributed by atoms with Crippen molar-refractivity contribution in [1.29, 1.82) is 0 Å². The van der Waals surface area contributed by atoms with Gasteiger partial charge in [0.25, 0.3) is 0 Å². The van der Waals surface area contributed by atoms with Gasteiger partial charge in [-0.3, -0.25) is 14.9 Å². The third kappa shape index (κ3) is 2.15. The van der Waals surface area contributed by atoms with Gasteiger partial charge in [0.1, 0.15) is 0 Å². The number of carbonyl (C=O) groups excluding carboxylic acids is 1. The van der Waals surface area contributed by atoms with Crippen molar-refractivity contribution in [3.8, 4) is 0 Å². The number of halogens is 4. The highest BCUT2D eigenvalue weighted by molar-refractivity contribution is 5.78. The molecular formula is C8H3F4NO3. The highest BCUT2D eigenvalue weighted by Crippen LogP contribution is 2.34. The Hall–Kier alpha value is -1.99. The summed E-state index contributed by atoms with van der Waals surface area (Å²) >= 11 is 0. The number of alkyl halides is 3. The molecular weight excluding hydrogens is 234 g/mol. The summed E-state index contributed by atoms with van der Waals surface area (Å²) in [5.74, 6) is -1.49. The van der Waals surface area contributed by atoms with Crippen molar-refractivity contribution >= 4 is 12.0 Å². The molecule has 0 saturated carbocycles. The van der Waals surface area contributed by atoms with Crippen LogP contribution in [0, 0.1) is 15.9 Å². The predicted octanol–water partition coefficient (Wildman–Crippen LogP) is 2.57. The lowest BCUT2D eigenvalue weighted by Gasteiger charge is -2.08. The number of benzene rings is 1. The zero-order valence-electron chi connectivity index (χ0n) is 7.42. The van der Waals surface area contributed by atoms with Gasteiger partial charge in [-0.05, 0) is 6.07 Å². The van der Waals surface area contributed by atoms with Crippen molar-refractivity contribution in [3.05, 3.63) is 39.2 Å². The molecule has 0 fully saturated rings. The van der Waals surface area contributed by atoms with Crippen molar-refractivity contribution in [3.63, 3.8) is 0 Å². The van der Waals surface area contributed by atoms with E-state index in [0.717, 1.165) is 0 Å². The second kappa shape index (κ2) is 3.87. The minimum Gasteiger partial charge on any atom is -0.298 e. The third-order valence-electron chi connectivity index (χ3n) is 1.75. The lowest BCUT2D eigenvalue weighted by molar-refractivity contribution is -0.387. The van der Waals surface area contributed by atoms with E-state index in [0.29, 0.717) is 0 Å². The molecule has 8 heteroatoms. The van der Waals surface area contributed by atoms with Gasteiger partial charge < -0.3 is 0 Å². The van der Waals surface area contributed by atoms with Crippen LogP contribution in [0.2, 0.25) is 0 Å². The Balaban J connectivity index is 3.53. The first-order valence-electron chi connectivity index (χ1n) is 3.77. The average Bonchev–Trinajstić information content (AvgIpc) is 2.14. The zero-order valence-corrected chi connectivity index (χ0v) is 7.42. The Morgan fingerprint density at radius 2 is 1.88 bits per heavy atom. The molecule has 0 N–H and O–H groups in total. The maximum absolute atomic E-state index is 12.9. The molecule has 0 aliphatic heterocycles. The normalized spacial score (nSPS) is 11.2. The number of nitro groups is 1. The van der Waals surface area contributed by atoms with Gasteiger partial charge in [-0.2, -0.15) is 17.6 Å². The second-order valence-corrected chi connectivity index (χ2v) is 2.76. The minimum atomic E-state index is -4.95. The fourth-order valence-corrected chi connectivity index (χ4v) is 1.06. The molecule has 0 heterocycles. The van der Waals surface area contributed by atoms with Gasteiger partial charge in [0.15, 0.2) is 6.29 Å². The Kier molecular flexibility index (Phi) is 2.92. The van der Waals surface area contributed by atoms with Crippen LogP contribution in [0.1, 0.15) is 15.9 Å². The lowest BCUT2D eigenvalue weighted by Crippen LogP contribution is -2.10. The quantitative estimate of drug-likeness (QED) is 0.343. The summed E-state index contributed by atoms with van der Waals surface area (Å²) in [6, 6.07) is 0.188. The first-order valence-corrected chi connectivity index (χ1v) is 3.77. The number of nitrogens with zero attached hydrogens (tertiary/aromatic N) is 1. The van der Waals surface area contributed by atoms with Gasteiger partial charge in [-0.25, -0.2) is 0 Å². The topological polar surface area (TPSA) is 60.2 Å². The average molecular weight is 237 g/mol. The molecule has 0 aromatic heterocycles. The molecule has 0 radical (unpaired) electrons. The number of hydrogen-bond acceptors (Lipinski definition) is 3. The molecule has 0 unspecified atom stereocenters. The summed E-state index contributed by atoms with van der Waals surface area (Å²) in [5.41, 5.74) is -3.83. The van der Waals surface area contributed by atoms with E-state index in [4.69, 9.17) is 0 Å². The van der Waals surface area contributed by atoms with Crippen LogP contribution in [0.25, 0.3) is 0 Å². The van der Waals surface area contributed by atoms with Crippen molar-refractivity contribution < 1.29 is 27.3 Å². The first-order chi connectivity index (χ1) is 7.27. The van der Waals surface area contributed by atoms with Gasteiger partial charge in [-0.15, -0.1) is 0 Å². The van der Waals surface area contributed by atoms with Gasteiger partial charge in [0.2, 0.25) is 5.82 Å². The summed E-state index contributed by atoms with van der Waals surface area (Å²) < 4.78 is 49.8. The fraction of sp³-hybridized carbons (Fsp3) is 0.125. The van der Waals surface area contributed by atoms with Crippen LogP contribution in [0.4, 0.5) is 23.2 Å². The summed E-state index contributed by atoms with van der Waals surface area (Å²) in [4.78, 5) is 19.2. The van der Waals surface area contributed by atoms with E-state index >= 15 is 0 Å². The van der Waals surface area contributed by atoms with Crippen LogP contribution in [-0.4, -0.2) is 11.2 Å². The molecule has 0 atom stereocenters. The molecule has 0 bridgehead atoms. The van der Waals surface area contributed by atoms with Crippen LogP contribution < -0.4 is 0 Å². The van der Waals surface area contributed by atoms with Crippen LogP contribution >= 0.6 is 0 Å². The highest BCUT2D eigenvalue weighted by Gasteiger charge is 2.36. The van der Waals surface area contributed by atoms with E-state index < -0.39 is 33.7 Å². The Bertz CT molecular complexity index is 455. The number of nitro benzene ring substituents is 1. The molecule has 0 spiro atoms. The number of aldehydes is 1. The summed E-state index contributed by atoms with van der Waals surface area (Å²) in [7, 11) is 0. The van der Waals surface area contributed by atoms with Gasteiger partial charge >= 0.3 is 11.9 Å². The molecule has 0 aliphatic carbocycles. The van der Waals surface area contributed by atoms with E-state index in [9.17, 15) is 32.5 Å². The van der Waals surface area contributed by atoms with E-state index in [2.05, 4.69) is 0 Å². The summed E-state index contributed by atoms with van der Waals surface area (Å²) in [6.07, 6.45) is -5.16. The maximum Gasteiger partial charge on any atom is 0.417 e. The van der Waals surface area contributed by atoms with Crippen LogP contribution in [-0.2, 0) is 6.18 Å². The van der Waals surface area contributed by atoms with Crippen molar-refractivity contribution in [2.75, 3.05) is 0 Å². The van der Waals surface area contributed by atoms with Gasteiger partial charge in [0.05, 0.1) is 10.5 Å². The van der Waals surface area contributed by atoms with Crippen molar-refractivity contribution in [1.82, 2.24) is 0 Å². The van der Waals surface area contributed by atoms with Crippen molar-refractivity contribution in [2.45, 2.75) is 6.18 Å². The smallest absolute Gasteiger partial charge is 0.298 e. The molecule has 4 nitrogen and oxygen atoms in total. The molecule has 0 saturated heterocycles. The standard InChI is InChI=1S/C8H3F4NO3/c9-6-1-4(3-14)5(8(10,11)12)2-7(6)13(15)16/h1-3H. The van der Waals surface area contributed by atoms with Crippen LogP contribution in [0.3, 0.4) is 0 Å². The molecule has 0 aliphatic rings. The maximum atomic E-state index is 12.9. The highest BCUT2D eigenvalue weighted by atomic mass is 19.4. The number of carbonyl (C=O) groups is 1. The number of hydrogen-bond donors (Lipinski definition) is 0. The molecule has 86 valence electrons. The Labute approximate surface area is 85.6 Å². The van der Waals surface area contributed by atoms with Crippen LogP contribution in [0.15, 0.2) is 12.1 Å². The third-order valence-corrected chi connectivity index (χ3v) is 1.75. The SMILES string of the molecule is O=Cc1cc(F)c([N+](=O)[O-])cc1C(F)(F)F. The monoisotopic (exact) mass is 237 g/mol. The predicted molar refractivity (Wildman–Crippen MR) is 43.4 cm³/mol. The van der Waals surface area contributed by atoms with E-state index in [1.54, 1.807) is 0 Å². The van der Waals surface area contributed by atoms with E-state index in [1.165, 1.54) is 0 Å². The summed E-state index contributed by atoms with van der Waals surface area (Å²) in [5, 5.41) is 10.2. The van der Waals surface area contributed by atoms with E-state index in [-0.39, 0.29) is 18.4 Å². The lowest BCUT2D eigenvalue weighted by atomic mass is 10.1. The van der Waals surface area contributed by atoms with Gasteiger partial charge in [-0.1, -0.05) is 0 Å². The number of rotatable bonds is 2. The zero-order chi connectivity index (χ0) is 12.5. The van der Waals surface area contributed by atoms with E-state index in [1.807, 2.05) is 0 Å². The minimum absolute atomic E-state index is 0.000926. The fourth-order valence-electron chi connectivity index (χ4n) is 1.06. The Morgan fingerprint density at radius 1 is 1.31 bits per heavy atom.